The van der Waals surface area contributed by atoms with Crippen LogP contribution < -0.4 is 14.4 Å². The van der Waals surface area contributed by atoms with Gasteiger partial charge in [0.1, 0.15) is 36.1 Å². The van der Waals surface area contributed by atoms with Crippen LogP contribution in [-0.4, -0.2) is 81.6 Å². The van der Waals surface area contributed by atoms with Crippen molar-refractivity contribution in [2.75, 3.05) is 47.1 Å². The van der Waals surface area contributed by atoms with Crippen LogP contribution in [0.15, 0.2) is 67.7 Å². The second-order valence-corrected chi connectivity index (χ2v) is 14.6. The first-order valence-electron chi connectivity index (χ1n) is 14.3. The standard InChI is InChI=1S/C33H30FNO11S3/c1-32(2)27-22(19-14-18(41-3)12-13-20(19)35(32)21(36)15-46-17-10-8-16(34)9-11-17)33(23(28(37)42-4)24(47-27)29(38)43-5)48-25(30(39)44-6)26(49-33)31(40)45-7/h8-14H,15H2,1-7H3. The van der Waals surface area contributed by atoms with Crippen LogP contribution in [0.4, 0.5) is 10.1 Å². The van der Waals surface area contributed by atoms with Crippen LogP contribution in [0, 0.1) is 5.82 Å². The molecule has 1 amide bonds. The number of benzene rings is 2. The van der Waals surface area contributed by atoms with Crippen LogP contribution >= 0.6 is 35.3 Å². The maximum Gasteiger partial charge on any atom is 0.345 e. The summed E-state index contributed by atoms with van der Waals surface area (Å²) < 4.78 is 43.4. The van der Waals surface area contributed by atoms with E-state index in [9.17, 15) is 28.4 Å². The molecule has 0 N–H and O–H groups in total. The first-order valence-corrected chi connectivity index (χ1v) is 16.8. The van der Waals surface area contributed by atoms with Gasteiger partial charge < -0.3 is 28.4 Å². The Bertz CT molecular complexity index is 1840. The number of rotatable bonds is 8. The van der Waals surface area contributed by atoms with E-state index in [4.69, 9.17) is 28.4 Å². The van der Waals surface area contributed by atoms with Crippen LogP contribution in [0.1, 0.15) is 19.4 Å². The minimum atomic E-state index is -1.75. The van der Waals surface area contributed by atoms with Crippen molar-refractivity contribution in [3.05, 3.63) is 79.0 Å². The van der Waals surface area contributed by atoms with E-state index in [0.717, 1.165) is 63.7 Å². The molecule has 0 saturated carbocycles. The summed E-state index contributed by atoms with van der Waals surface area (Å²) in [4.78, 5) is 69.2. The minimum Gasteiger partial charge on any atom is -0.497 e. The number of esters is 4. The first-order chi connectivity index (χ1) is 23.3. The molecule has 0 atom stereocenters. The normalized spacial score (nSPS) is 17.3. The first kappa shape index (κ1) is 35.9. The Morgan fingerprint density at radius 3 is 1.80 bits per heavy atom. The lowest BCUT2D eigenvalue weighted by molar-refractivity contribution is -0.138. The predicted molar refractivity (Wildman–Crippen MR) is 181 cm³/mol. The zero-order chi connectivity index (χ0) is 35.8. The summed E-state index contributed by atoms with van der Waals surface area (Å²) in [6.45, 7) is 3.03. The predicted octanol–water partition coefficient (Wildman–Crippen LogP) is 4.83. The molecule has 16 heteroatoms. The Labute approximate surface area is 293 Å². The van der Waals surface area contributed by atoms with Crippen LogP contribution in [0.25, 0.3) is 5.57 Å². The number of nitrogens with zero attached hydrogens (tertiary/aromatic N) is 1. The maximum absolute atomic E-state index is 14.2. The Morgan fingerprint density at radius 2 is 1.27 bits per heavy atom. The number of hydrogen-bond donors (Lipinski definition) is 0. The molecule has 0 radical (unpaired) electrons. The van der Waals surface area contributed by atoms with Gasteiger partial charge in [-0.05, 0) is 56.3 Å². The fraction of sp³-hybridized carbons (Fsp3) is 0.303. The van der Waals surface area contributed by atoms with Crippen LogP contribution in [-0.2, 0) is 42.9 Å². The van der Waals surface area contributed by atoms with Gasteiger partial charge in [-0.1, -0.05) is 35.3 Å². The van der Waals surface area contributed by atoms with Gasteiger partial charge in [0.05, 0.1) is 52.3 Å². The topological polar surface area (TPSA) is 144 Å². The van der Waals surface area contributed by atoms with Crippen molar-refractivity contribution in [3.8, 4) is 11.5 Å². The third kappa shape index (κ3) is 6.06. The number of halogens is 1. The van der Waals surface area contributed by atoms with Crippen molar-refractivity contribution < 1.29 is 56.8 Å². The number of hydrogen-bond acceptors (Lipinski definition) is 14. The lowest BCUT2D eigenvalue weighted by Gasteiger charge is -2.50. The van der Waals surface area contributed by atoms with Gasteiger partial charge in [-0.25, -0.2) is 23.6 Å². The average Bonchev–Trinajstić information content (AvgIpc) is 3.49. The van der Waals surface area contributed by atoms with Gasteiger partial charge in [0.15, 0.2) is 6.61 Å². The van der Waals surface area contributed by atoms with E-state index in [1.807, 2.05) is 0 Å². The number of thioether (sulfide) groups is 3. The molecule has 2 aromatic rings. The minimum absolute atomic E-state index is 0.169. The molecule has 2 aromatic carbocycles. The summed E-state index contributed by atoms with van der Waals surface area (Å²) in [5.74, 6) is -3.91. The summed E-state index contributed by atoms with van der Waals surface area (Å²) in [6.07, 6.45) is 0. The number of methoxy groups -OCH3 is 5. The highest BCUT2D eigenvalue weighted by molar-refractivity contribution is 8.26. The summed E-state index contributed by atoms with van der Waals surface area (Å²) in [5.41, 5.74) is -0.320. The van der Waals surface area contributed by atoms with Gasteiger partial charge in [0, 0.05) is 16.0 Å². The van der Waals surface area contributed by atoms with E-state index in [0.29, 0.717) is 27.5 Å². The van der Waals surface area contributed by atoms with Gasteiger partial charge in [-0.15, -0.1) is 0 Å². The SMILES string of the molecule is COC(=O)C1=C(C(=O)OC)SC2(S1)C(C(=O)OC)=C(C(=O)OC)SC1=C2c2cc(OC)ccc2N(C(=O)COc2ccc(F)cc2)C1(C)C. The number of carbonyl (C=O) groups excluding carboxylic acids is 5. The molecule has 3 aliphatic rings. The molecule has 0 fully saturated rings. The van der Waals surface area contributed by atoms with Gasteiger partial charge in [0.25, 0.3) is 5.91 Å². The van der Waals surface area contributed by atoms with Crippen molar-refractivity contribution in [3.63, 3.8) is 0 Å². The van der Waals surface area contributed by atoms with Crippen molar-refractivity contribution >= 4 is 76.3 Å². The van der Waals surface area contributed by atoms with E-state index >= 15 is 0 Å². The molecule has 49 heavy (non-hydrogen) atoms. The molecule has 1 spiro atoms. The largest absolute Gasteiger partial charge is 0.497 e. The Hall–Kier alpha value is -4.41. The monoisotopic (exact) mass is 731 g/mol. The summed E-state index contributed by atoms with van der Waals surface area (Å²) in [7, 11) is 6.01. The molecule has 0 aliphatic carbocycles. The van der Waals surface area contributed by atoms with Crippen LogP contribution in [0.2, 0.25) is 0 Å². The Balaban J connectivity index is 1.80. The number of ether oxygens (including phenoxy) is 6. The molecular formula is C33H30FNO11S3. The van der Waals surface area contributed by atoms with Gasteiger partial charge in [-0.2, -0.15) is 0 Å². The lowest BCUT2D eigenvalue weighted by Crippen LogP contribution is -2.55. The fourth-order valence-electron chi connectivity index (χ4n) is 5.61. The molecule has 0 bridgehead atoms. The van der Waals surface area contributed by atoms with Gasteiger partial charge in [0.2, 0.25) is 0 Å². The number of anilines is 1. The van der Waals surface area contributed by atoms with E-state index in [-0.39, 0.29) is 26.0 Å². The molecule has 12 nitrogen and oxygen atoms in total. The highest BCUT2D eigenvalue weighted by Crippen LogP contribution is 2.71. The third-order valence-electron chi connectivity index (χ3n) is 7.77. The molecular weight excluding hydrogens is 702 g/mol. The average molecular weight is 732 g/mol. The summed E-state index contributed by atoms with van der Waals surface area (Å²) in [6, 6.07) is 10.2. The smallest absolute Gasteiger partial charge is 0.345 e. The van der Waals surface area contributed by atoms with E-state index in [1.165, 1.54) is 36.3 Å². The number of amides is 1. The quantitative estimate of drug-likeness (QED) is 0.270. The highest BCUT2D eigenvalue weighted by atomic mass is 32.2. The highest BCUT2D eigenvalue weighted by Gasteiger charge is 2.62. The zero-order valence-corrected chi connectivity index (χ0v) is 29.7. The van der Waals surface area contributed by atoms with Gasteiger partial charge >= 0.3 is 23.9 Å². The fourth-order valence-corrected chi connectivity index (χ4v) is 10.7. The van der Waals surface area contributed by atoms with Crippen molar-refractivity contribution in [2.24, 2.45) is 0 Å². The summed E-state index contributed by atoms with van der Waals surface area (Å²) >= 11 is 2.53. The van der Waals surface area contributed by atoms with Crippen molar-refractivity contribution in [2.45, 2.75) is 23.5 Å². The lowest BCUT2D eigenvalue weighted by atomic mass is 9.83. The van der Waals surface area contributed by atoms with Crippen LogP contribution in [0.3, 0.4) is 0 Å². The van der Waals surface area contributed by atoms with Crippen LogP contribution in [0.5, 0.6) is 11.5 Å². The second kappa shape index (κ2) is 13.8. The Morgan fingerprint density at radius 1 is 0.735 bits per heavy atom. The maximum atomic E-state index is 14.2. The molecule has 3 heterocycles. The van der Waals surface area contributed by atoms with Gasteiger partial charge in [-0.3, -0.25) is 9.69 Å². The third-order valence-corrected chi connectivity index (χ3v) is 12.4. The van der Waals surface area contributed by atoms with E-state index < -0.39 is 51.8 Å². The van der Waals surface area contributed by atoms with Crippen molar-refractivity contribution in [1.82, 2.24) is 0 Å². The van der Waals surface area contributed by atoms with E-state index in [2.05, 4.69) is 0 Å². The molecule has 0 aromatic heterocycles. The molecule has 5 rings (SSSR count). The summed E-state index contributed by atoms with van der Waals surface area (Å²) in [5, 5.41) is 0. The number of fused-ring (bicyclic) bond motifs is 3. The Kier molecular flexibility index (Phi) is 10.1. The number of carbonyl (C=O) groups is 5. The van der Waals surface area contributed by atoms with E-state index in [1.54, 1.807) is 32.0 Å². The molecule has 0 saturated heterocycles. The molecule has 0 unspecified atom stereocenters. The molecule has 3 aliphatic heterocycles. The molecule has 258 valence electrons. The van der Waals surface area contributed by atoms with Crippen molar-refractivity contribution in [1.29, 1.82) is 0 Å². The second-order valence-electron chi connectivity index (χ2n) is 10.9. The zero-order valence-electron chi connectivity index (χ0n) is 27.3.